The standard InChI is InChI=1S/C20H14ClFN2O2S/c21-14-3-1-2-12(8-14)16-9-18(25)24-19(17(16)10-23)27-11-20(24,26)13-4-6-15(22)7-5-13/h1-8,16,26H,9,11H2/t16-,20+/m0/s1. The molecule has 2 aliphatic heterocycles. The van der Waals surface area contributed by atoms with Crippen molar-refractivity contribution in [2.45, 2.75) is 18.1 Å². The number of nitriles is 1. The van der Waals surface area contributed by atoms with E-state index >= 15 is 0 Å². The molecule has 2 aliphatic rings. The second-order valence-corrected chi connectivity index (χ2v) is 7.88. The van der Waals surface area contributed by atoms with E-state index in [1.165, 1.54) is 40.9 Å². The van der Waals surface area contributed by atoms with E-state index in [1.54, 1.807) is 18.2 Å². The SMILES string of the molecule is N#CC1=C2SC[C@@](O)(c3ccc(F)cc3)N2C(=O)C[C@H]1c1cccc(Cl)c1. The Labute approximate surface area is 164 Å². The van der Waals surface area contributed by atoms with Gasteiger partial charge in [0, 0.05) is 22.9 Å². The first kappa shape index (κ1) is 18.1. The van der Waals surface area contributed by atoms with Gasteiger partial charge >= 0.3 is 0 Å². The predicted molar refractivity (Wildman–Crippen MR) is 101 cm³/mol. The number of allylic oxidation sites excluding steroid dienone is 1. The molecule has 7 heteroatoms. The lowest BCUT2D eigenvalue weighted by Crippen LogP contribution is -2.48. The second kappa shape index (κ2) is 6.68. The summed E-state index contributed by atoms with van der Waals surface area (Å²) >= 11 is 7.33. The first-order valence-electron chi connectivity index (χ1n) is 8.28. The summed E-state index contributed by atoms with van der Waals surface area (Å²) in [6.07, 6.45) is 0.0524. The molecule has 1 N–H and O–H groups in total. The number of thioether (sulfide) groups is 1. The van der Waals surface area contributed by atoms with Crippen molar-refractivity contribution in [2.75, 3.05) is 5.75 Å². The zero-order valence-corrected chi connectivity index (χ0v) is 15.6. The van der Waals surface area contributed by atoms with Gasteiger partial charge in [0.1, 0.15) is 5.82 Å². The number of fused-ring (bicyclic) bond motifs is 1. The Kier molecular flexibility index (Phi) is 4.47. The average Bonchev–Trinajstić information content (AvgIpc) is 3.01. The van der Waals surface area contributed by atoms with Crippen molar-refractivity contribution in [1.82, 2.24) is 4.90 Å². The molecule has 27 heavy (non-hydrogen) atoms. The van der Waals surface area contributed by atoms with Crippen LogP contribution in [0.4, 0.5) is 4.39 Å². The van der Waals surface area contributed by atoms with Gasteiger partial charge < -0.3 is 5.11 Å². The smallest absolute Gasteiger partial charge is 0.231 e. The van der Waals surface area contributed by atoms with Crippen LogP contribution in [0.1, 0.15) is 23.5 Å². The zero-order chi connectivity index (χ0) is 19.2. The Hall–Kier alpha value is -2.33. The van der Waals surface area contributed by atoms with Crippen molar-refractivity contribution in [3.63, 3.8) is 0 Å². The molecule has 2 aromatic rings. The van der Waals surface area contributed by atoms with Crippen LogP contribution in [0.25, 0.3) is 0 Å². The Morgan fingerprint density at radius 3 is 2.70 bits per heavy atom. The lowest BCUT2D eigenvalue weighted by atomic mass is 9.85. The maximum absolute atomic E-state index is 13.3. The van der Waals surface area contributed by atoms with Gasteiger partial charge in [-0.2, -0.15) is 5.26 Å². The van der Waals surface area contributed by atoms with Gasteiger partial charge in [-0.25, -0.2) is 4.39 Å². The van der Waals surface area contributed by atoms with Crippen LogP contribution in [0.2, 0.25) is 5.02 Å². The highest BCUT2D eigenvalue weighted by molar-refractivity contribution is 8.03. The van der Waals surface area contributed by atoms with E-state index in [4.69, 9.17) is 11.6 Å². The van der Waals surface area contributed by atoms with Crippen molar-refractivity contribution >= 4 is 29.3 Å². The Morgan fingerprint density at radius 1 is 1.30 bits per heavy atom. The predicted octanol–water partition coefficient (Wildman–Crippen LogP) is 4.12. The van der Waals surface area contributed by atoms with E-state index in [1.807, 2.05) is 6.07 Å². The van der Waals surface area contributed by atoms with E-state index in [2.05, 4.69) is 6.07 Å². The van der Waals surface area contributed by atoms with Crippen molar-refractivity contribution in [3.8, 4) is 6.07 Å². The van der Waals surface area contributed by atoms with E-state index in [-0.39, 0.29) is 18.1 Å². The van der Waals surface area contributed by atoms with Crippen molar-refractivity contribution in [2.24, 2.45) is 0 Å². The number of hydrogen-bond donors (Lipinski definition) is 1. The summed E-state index contributed by atoms with van der Waals surface area (Å²) in [6, 6.07) is 14.7. The van der Waals surface area contributed by atoms with Crippen LogP contribution in [-0.2, 0) is 10.5 Å². The molecule has 1 saturated heterocycles. The Balaban J connectivity index is 1.81. The van der Waals surface area contributed by atoms with Crippen LogP contribution >= 0.6 is 23.4 Å². The molecule has 0 saturated carbocycles. The van der Waals surface area contributed by atoms with Gasteiger partial charge in [-0.3, -0.25) is 9.69 Å². The van der Waals surface area contributed by atoms with Gasteiger partial charge in [0.15, 0.2) is 5.72 Å². The molecular weight excluding hydrogens is 387 g/mol. The third kappa shape index (κ3) is 2.92. The minimum atomic E-state index is -1.60. The highest BCUT2D eigenvalue weighted by atomic mass is 35.5. The number of benzene rings is 2. The molecule has 2 heterocycles. The quantitative estimate of drug-likeness (QED) is 0.823. The van der Waals surface area contributed by atoms with Gasteiger partial charge in [-0.05, 0) is 29.8 Å². The number of carbonyl (C=O) groups is 1. The summed E-state index contributed by atoms with van der Waals surface area (Å²) in [5.74, 6) is -0.943. The molecule has 4 nitrogen and oxygen atoms in total. The third-order valence-corrected chi connectivity index (χ3v) is 6.33. The molecule has 0 bridgehead atoms. The molecule has 0 radical (unpaired) electrons. The number of rotatable bonds is 2. The van der Waals surface area contributed by atoms with Crippen LogP contribution in [0.15, 0.2) is 59.1 Å². The summed E-state index contributed by atoms with van der Waals surface area (Å²) in [7, 11) is 0. The molecule has 1 fully saturated rings. The molecule has 0 aliphatic carbocycles. The maximum atomic E-state index is 13.3. The average molecular weight is 401 g/mol. The number of aliphatic hydroxyl groups is 1. The largest absolute Gasteiger partial charge is 0.366 e. The summed E-state index contributed by atoms with van der Waals surface area (Å²) in [6.45, 7) is 0. The fourth-order valence-corrected chi connectivity index (χ4v) is 5.12. The normalized spacial score (nSPS) is 24.7. The first-order valence-corrected chi connectivity index (χ1v) is 9.64. The van der Waals surface area contributed by atoms with Crippen molar-refractivity contribution in [3.05, 3.63) is 81.1 Å². The minimum Gasteiger partial charge on any atom is -0.366 e. The third-order valence-electron chi connectivity index (χ3n) is 4.87. The van der Waals surface area contributed by atoms with E-state index < -0.39 is 17.5 Å². The molecule has 4 rings (SSSR count). The van der Waals surface area contributed by atoms with E-state index in [9.17, 15) is 19.6 Å². The highest BCUT2D eigenvalue weighted by Crippen LogP contribution is 2.51. The van der Waals surface area contributed by atoms with Crippen LogP contribution in [0.3, 0.4) is 0 Å². The number of amides is 1. The molecule has 136 valence electrons. The Bertz CT molecular complexity index is 1000. The molecule has 0 spiro atoms. The molecular formula is C20H14ClFN2O2S. The minimum absolute atomic E-state index is 0.0524. The van der Waals surface area contributed by atoms with Gasteiger partial charge in [0.2, 0.25) is 5.91 Å². The number of halogens is 2. The molecule has 0 unspecified atom stereocenters. The monoisotopic (exact) mass is 400 g/mol. The summed E-state index contributed by atoms with van der Waals surface area (Å²) in [5.41, 5.74) is 0.0298. The fourth-order valence-electron chi connectivity index (χ4n) is 3.56. The second-order valence-electron chi connectivity index (χ2n) is 6.48. The van der Waals surface area contributed by atoms with E-state index in [0.29, 0.717) is 21.2 Å². The lowest BCUT2D eigenvalue weighted by molar-refractivity contribution is -0.149. The zero-order valence-electron chi connectivity index (χ0n) is 14.0. The fraction of sp³-hybridized carbons (Fsp3) is 0.200. The number of hydrogen-bond acceptors (Lipinski definition) is 4. The number of carbonyl (C=O) groups excluding carboxylic acids is 1. The molecule has 2 aromatic carbocycles. The van der Waals surface area contributed by atoms with Gasteiger partial charge in [-0.15, -0.1) is 11.8 Å². The van der Waals surface area contributed by atoms with E-state index in [0.717, 1.165) is 5.56 Å². The lowest BCUT2D eigenvalue weighted by Gasteiger charge is -2.38. The summed E-state index contributed by atoms with van der Waals surface area (Å²) in [4.78, 5) is 14.2. The highest BCUT2D eigenvalue weighted by Gasteiger charge is 2.51. The van der Waals surface area contributed by atoms with Crippen LogP contribution in [0.5, 0.6) is 0 Å². The maximum Gasteiger partial charge on any atom is 0.231 e. The summed E-state index contributed by atoms with van der Waals surface area (Å²) in [5, 5.41) is 22.0. The van der Waals surface area contributed by atoms with Gasteiger partial charge in [-0.1, -0.05) is 35.9 Å². The van der Waals surface area contributed by atoms with Gasteiger partial charge in [0.05, 0.1) is 22.4 Å². The van der Waals surface area contributed by atoms with Gasteiger partial charge in [0.25, 0.3) is 0 Å². The van der Waals surface area contributed by atoms with Crippen LogP contribution < -0.4 is 0 Å². The number of nitrogens with zero attached hydrogens (tertiary/aromatic N) is 2. The summed E-state index contributed by atoms with van der Waals surface area (Å²) < 4.78 is 13.3. The Morgan fingerprint density at radius 2 is 2.04 bits per heavy atom. The molecule has 2 atom stereocenters. The molecule has 0 aromatic heterocycles. The van der Waals surface area contributed by atoms with Crippen molar-refractivity contribution in [1.29, 1.82) is 5.26 Å². The van der Waals surface area contributed by atoms with Crippen LogP contribution in [-0.4, -0.2) is 21.7 Å². The topological polar surface area (TPSA) is 64.3 Å². The van der Waals surface area contributed by atoms with Crippen LogP contribution in [0, 0.1) is 17.1 Å². The van der Waals surface area contributed by atoms with Crippen molar-refractivity contribution < 1.29 is 14.3 Å². The first-order chi connectivity index (χ1) is 12.9. The molecule has 1 amide bonds.